The first-order valence-electron chi connectivity index (χ1n) is 6.94. The maximum atomic E-state index is 12.7. The average Bonchev–Trinajstić information content (AvgIpc) is 2.40. The Bertz CT molecular complexity index is 411. The minimum atomic E-state index is -0.220. The second kappa shape index (κ2) is 6.15. The van der Waals surface area contributed by atoms with Gasteiger partial charge in [0.1, 0.15) is 6.04 Å². The molecule has 104 valence electrons. The Kier molecular flexibility index (Phi) is 4.53. The molecule has 2 heterocycles. The van der Waals surface area contributed by atoms with E-state index in [9.17, 15) is 4.79 Å². The lowest BCUT2D eigenvalue weighted by Crippen LogP contribution is -2.44. The van der Waals surface area contributed by atoms with Crippen LogP contribution in [0.2, 0.25) is 0 Å². The van der Waals surface area contributed by atoms with Crippen LogP contribution < -0.4 is 0 Å². The van der Waals surface area contributed by atoms with Crippen molar-refractivity contribution in [3.63, 3.8) is 0 Å². The highest BCUT2D eigenvalue weighted by molar-refractivity contribution is 5.83. The Morgan fingerprint density at radius 2 is 2.11 bits per heavy atom. The zero-order valence-corrected chi connectivity index (χ0v) is 12.0. The summed E-state index contributed by atoms with van der Waals surface area (Å²) < 4.78 is 0. The molecule has 1 atom stereocenters. The molecule has 1 saturated heterocycles. The minimum Gasteiger partial charge on any atom is -0.341 e. The van der Waals surface area contributed by atoms with E-state index in [4.69, 9.17) is 0 Å². The molecule has 1 fully saturated rings. The lowest BCUT2D eigenvalue weighted by atomic mass is 9.97. The quantitative estimate of drug-likeness (QED) is 0.834. The van der Waals surface area contributed by atoms with Gasteiger partial charge in [0.05, 0.1) is 0 Å². The molecule has 0 saturated carbocycles. The zero-order valence-electron chi connectivity index (χ0n) is 12.0. The van der Waals surface area contributed by atoms with E-state index >= 15 is 0 Å². The van der Waals surface area contributed by atoms with Crippen LogP contribution in [0.4, 0.5) is 0 Å². The SMILES string of the molecule is CC1CCN(C(=O)C(c2cccnc2)N(C)C)CC1. The Labute approximate surface area is 115 Å². The highest BCUT2D eigenvalue weighted by atomic mass is 16.2. The van der Waals surface area contributed by atoms with Crippen LogP contribution in [-0.4, -0.2) is 47.9 Å². The van der Waals surface area contributed by atoms with Crippen molar-refractivity contribution in [1.82, 2.24) is 14.8 Å². The number of carbonyl (C=O) groups excluding carboxylic acids is 1. The van der Waals surface area contributed by atoms with Crippen molar-refractivity contribution < 1.29 is 4.79 Å². The van der Waals surface area contributed by atoms with Gasteiger partial charge in [-0.3, -0.25) is 14.7 Å². The summed E-state index contributed by atoms with van der Waals surface area (Å²) >= 11 is 0. The van der Waals surface area contributed by atoms with Gasteiger partial charge in [0, 0.05) is 25.5 Å². The molecule has 0 radical (unpaired) electrons. The number of rotatable bonds is 3. The first-order chi connectivity index (χ1) is 9.09. The molecule has 0 N–H and O–H groups in total. The number of piperidine rings is 1. The number of pyridine rings is 1. The molecule has 4 heteroatoms. The second-order valence-corrected chi connectivity index (χ2v) is 5.66. The highest BCUT2D eigenvalue weighted by Crippen LogP contribution is 2.23. The molecule has 2 rings (SSSR count). The number of carbonyl (C=O) groups is 1. The van der Waals surface area contributed by atoms with Crippen LogP contribution in [0, 0.1) is 5.92 Å². The van der Waals surface area contributed by atoms with E-state index in [2.05, 4.69) is 11.9 Å². The molecule has 1 amide bonds. The highest BCUT2D eigenvalue weighted by Gasteiger charge is 2.29. The van der Waals surface area contributed by atoms with Gasteiger partial charge in [-0.25, -0.2) is 0 Å². The van der Waals surface area contributed by atoms with Crippen LogP contribution in [-0.2, 0) is 4.79 Å². The van der Waals surface area contributed by atoms with Crippen molar-refractivity contribution in [2.75, 3.05) is 27.2 Å². The number of nitrogens with zero attached hydrogens (tertiary/aromatic N) is 3. The fourth-order valence-electron chi connectivity index (χ4n) is 2.60. The van der Waals surface area contributed by atoms with E-state index in [1.165, 1.54) is 0 Å². The van der Waals surface area contributed by atoms with Gasteiger partial charge in [0.15, 0.2) is 0 Å². The van der Waals surface area contributed by atoms with E-state index in [0.717, 1.165) is 37.4 Å². The van der Waals surface area contributed by atoms with Gasteiger partial charge < -0.3 is 4.90 Å². The summed E-state index contributed by atoms with van der Waals surface area (Å²) in [4.78, 5) is 20.8. The van der Waals surface area contributed by atoms with Gasteiger partial charge in [-0.2, -0.15) is 0 Å². The Morgan fingerprint density at radius 1 is 1.42 bits per heavy atom. The third kappa shape index (κ3) is 3.32. The predicted molar refractivity (Wildman–Crippen MR) is 75.6 cm³/mol. The van der Waals surface area contributed by atoms with Gasteiger partial charge in [0.25, 0.3) is 0 Å². The second-order valence-electron chi connectivity index (χ2n) is 5.66. The summed E-state index contributed by atoms with van der Waals surface area (Å²) in [6, 6.07) is 3.64. The zero-order chi connectivity index (χ0) is 13.8. The first kappa shape index (κ1) is 14.0. The van der Waals surface area contributed by atoms with Crippen LogP contribution in [0.25, 0.3) is 0 Å². The fourth-order valence-corrected chi connectivity index (χ4v) is 2.60. The molecule has 0 aliphatic carbocycles. The Morgan fingerprint density at radius 3 is 2.63 bits per heavy atom. The summed E-state index contributed by atoms with van der Waals surface area (Å²) in [6.07, 6.45) is 5.75. The van der Waals surface area contributed by atoms with Gasteiger partial charge in [0.2, 0.25) is 5.91 Å². The first-order valence-corrected chi connectivity index (χ1v) is 6.94. The largest absolute Gasteiger partial charge is 0.341 e. The van der Waals surface area contributed by atoms with Crippen molar-refractivity contribution >= 4 is 5.91 Å². The van der Waals surface area contributed by atoms with Crippen molar-refractivity contribution in [2.24, 2.45) is 5.92 Å². The number of aromatic nitrogens is 1. The summed E-state index contributed by atoms with van der Waals surface area (Å²) in [5.74, 6) is 0.935. The molecule has 0 aromatic carbocycles. The molecule has 4 nitrogen and oxygen atoms in total. The van der Waals surface area contributed by atoms with Gasteiger partial charge >= 0.3 is 0 Å². The van der Waals surface area contributed by atoms with Gasteiger partial charge in [-0.05, 0) is 44.5 Å². The lowest BCUT2D eigenvalue weighted by Gasteiger charge is -2.35. The van der Waals surface area contributed by atoms with E-state index < -0.39 is 0 Å². The molecule has 19 heavy (non-hydrogen) atoms. The Balaban J connectivity index is 2.14. The van der Waals surface area contributed by atoms with E-state index in [0.29, 0.717) is 0 Å². The van der Waals surface area contributed by atoms with E-state index in [1.54, 1.807) is 12.4 Å². The summed E-state index contributed by atoms with van der Waals surface area (Å²) in [6.45, 7) is 4.02. The number of amides is 1. The number of hydrogen-bond donors (Lipinski definition) is 0. The maximum absolute atomic E-state index is 12.7. The van der Waals surface area contributed by atoms with Crippen LogP contribution in [0.5, 0.6) is 0 Å². The van der Waals surface area contributed by atoms with Crippen LogP contribution in [0.3, 0.4) is 0 Å². The number of likely N-dealkylation sites (tertiary alicyclic amines) is 1. The summed E-state index contributed by atoms with van der Waals surface area (Å²) in [5.41, 5.74) is 0.969. The minimum absolute atomic E-state index is 0.199. The smallest absolute Gasteiger partial charge is 0.244 e. The van der Waals surface area contributed by atoms with Gasteiger partial charge in [-0.15, -0.1) is 0 Å². The number of likely N-dealkylation sites (N-methyl/N-ethyl adjacent to an activating group) is 1. The van der Waals surface area contributed by atoms with Crippen LogP contribution in [0.1, 0.15) is 31.4 Å². The third-order valence-electron chi connectivity index (χ3n) is 3.85. The maximum Gasteiger partial charge on any atom is 0.244 e. The van der Waals surface area contributed by atoms with Crippen LogP contribution in [0.15, 0.2) is 24.5 Å². The van der Waals surface area contributed by atoms with Crippen molar-refractivity contribution in [1.29, 1.82) is 0 Å². The standard InChI is InChI=1S/C15H23N3O/c1-12-6-9-18(10-7-12)15(19)14(17(2)3)13-5-4-8-16-11-13/h4-5,8,11-12,14H,6-7,9-10H2,1-3H3. The van der Waals surface area contributed by atoms with Crippen LogP contribution >= 0.6 is 0 Å². The lowest BCUT2D eigenvalue weighted by molar-refractivity contribution is -0.137. The fraction of sp³-hybridized carbons (Fsp3) is 0.600. The molecule has 0 spiro atoms. The summed E-state index contributed by atoms with van der Waals surface area (Å²) in [5, 5.41) is 0. The molecule has 1 aliphatic heterocycles. The van der Waals surface area contributed by atoms with E-state index in [-0.39, 0.29) is 11.9 Å². The van der Waals surface area contributed by atoms with Crippen molar-refractivity contribution in [3.05, 3.63) is 30.1 Å². The molecule has 1 aromatic rings. The molecule has 0 bridgehead atoms. The molecule has 1 aromatic heterocycles. The van der Waals surface area contributed by atoms with E-state index in [1.807, 2.05) is 36.0 Å². The van der Waals surface area contributed by atoms with Crippen molar-refractivity contribution in [3.8, 4) is 0 Å². The topological polar surface area (TPSA) is 36.4 Å². The van der Waals surface area contributed by atoms with Crippen molar-refractivity contribution in [2.45, 2.75) is 25.8 Å². The summed E-state index contributed by atoms with van der Waals surface area (Å²) in [7, 11) is 3.89. The molecular formula is C15H23N3O. The molecule has 1 unspecified atom stereocenters. The number of hydrogen-bond acceptors (Lipinski definition) is 3. The third-order valence-corrected chi connectivity index (χ3v) is 3.85. The monoisotopic (exact) mass is 261 g/mol. The normalized spacial score (nSPS) is 18.6. The Hall–Kier alpha value is -1.42. The predicted octanol–water partition coefficient (Wildman–Crippen LogP) is 1.94. The van der Waals surface area contributed by atoms with Gasteiger partial charge in [-0.1, -0.05) is 13.0 Å². The average molecular weight is 261 g/mol. The molecular weight excluding hydrogens is 238 g/mol. The molecule has 1 aliphatic rings.